The molecule has 1 aromatic carbocycles. The van der Waals surface area contributed by atoms with Crippen LogP contribution in [0.15, 0.2) is 18.2 Å². The van der Waals surface area contributed by atoms with E-state index in [0.717, 1.165) is 18.4 Å². The second-order valence-corrected chi connectivity index (χ2v) is 4.84. The zero-order valence-corrected chi connectivity index (χ0v) is 12.1. The number of likely N-dealkylation sites (tertiary alicyclic amines) is 1. The summed E-state index contributed by atoms with van der Waals surface area (Å²) < 4.78 is 13.7. The van der Waals surface area contributed by atoms with Crippen LogP contribution in [0.25, 0.3) is 0 Å². The van der Waals surface area contributed by atoms with Gasteiger partial charge in [0, 0.05) is 19.1 Å². The van der Waals surface area contributed by atoms with E-state index >= 15 is 0 Å². The molecule has 0 aliphatic carbocycles. The molecule has 1 aromatic rings. The normalized spacial score (nSPS) is 16.1. The molecule has 0 aromatic heterocycles. The highest BCUT2D eigenvalue weighted by Crippen LogP contribution is 2.17. The fourth-order valence-electron chi connectivity index (χ4n) is 2.34. The lowest BCUT2D eigenvalue weighted by Crippen LogP contribution is -2.44. The van der Waals surface area contributed by atoms with E-state index in [4.69, 9.17) is 0 Å². The molecule has 0 saturated carbocycles. The first kappa shape index (κ1) is 15.9. The van der Waals surface area contributed by atoms with E-state index in [9.17, 15) is 9.18 Å². The molecular weight excluding hydrogens is 267 g/mol. The molecular formula is C14H20ClFN2O. The van der Waals surface area contributed by atoms with Gasteiger partial charge in [-0.15, -0.1) is 12.4 Å². The van der Waals surface area contributed by atoms with Crippen LogP contribution in [0.3, 0.4) is 0 Å². The molecule has 1 N–H and O–H groups in total. The zero-order chi connectivity index (χ0) is 13.1. The summed E-state index contributed by atoms with van der Waals surface area (Å²) in [6.07, 6.45) is 1.85. The maximum atomic E-state index is 13.7. The van der Waals surface area contributed by atoms with E-state index in [2.05, 4.69) is 5.32 Å². The summed E-state index contributed by atoms with van der Waals surface area (Å²) >= 11 is 0. The van der Waals surface area contributed by atoms with Crippen LogP contribution in [0, 0.1) is 12.7 Å². The number of halogens is 2. The van der Waals surface area contributed by atoms with Gasteiger partial charge >= 0.3 is 0 Å². The molecule has 1 aliphatic heterocycles. The number of nitrogens with zero attached hydrogens (tertiary/aromatic N) is 1. The van der Waals surface area contributed by atoms with Crippen molar-refractivity contribution in [2.75, 3.05) is 20.1 Å². The molecule has 1 amide bonds. The Kier molecular flexibility index (Phi) is 5.76. The Hall–Kier alpha value is -1.13. The summed E-state index contributed by atoms with van der Waals surface area (Å²) in [5, 5.41) is 3.21. The number of aryl methyl sites for hydroxylation is 1. The number of nitrogens with one attached hydrogen (secondary N) is 1. The molecule has 3 nitrogen and oxygen atoms in total. The first-order chi connectivity index (χ1) is 8.61. The van der Waals surface area contributed by atoms with Crippen LogP contribution < -0.4 is 5.32 Å². The number of piperidine rings is 1. The standard InChI is InChI=1S/C14H19FN2O.ClH/c1-10-3-4-13(15)12(9-10)14(18)17-7-5-11(16-2)6-8-17;/h3-4,9,11,16H,5-8H2,1-2H3;1H. The van der Waals surface area contributed by atoms with E-state index < -0.39 is 5.82 Å². The lowest BCUT2D eigenvalue weighted by atomic mass is 10.0. The van der Waals surface area contributed by atoms with Crippen molar-refractivity contribution in [3.05, 3.63) is 35.1 Å². The predicted octanol–water partition coefficient (Wildman–Crippen LogP) is 2.38. The van der Waals surface area contributed by atoms with Crippen molar-refractivity contribution in [2.45, 2.75) is 25.8 Å². The number of amides is 1. The lowest BCUT2D eigenvalue weighted by molar-refractivity contribution is 0.0702. The maximum Gasteiger partial charge on any atom is 0.256 e. The Morgan fingerprint density at radius 1 is 1.37 bits per heavy atom. The van der Waals surface area contributed by atoms with Crippen LogP contribution in [0.5, 0.6) is 0 Å². The van der Waals surface area contributed by atoms with Gasteiger partial charge in [0.1, 0.15) is 5.82 Å². The topological polar surface area (TPSA) is 32.3 Å². The van der Waals surface area contributed by atoms with Crippen molar-refractivity contribution in [1.29, 1.82) is 0 Å². The first-order valence-corrected chi connectivity index (χ1v) is 6.34. The fraction of sp³-hybridized carbons (Fsp3) is 0.500. The third-order valence-electron chi connectivity index (χ3n) is 3.54. The summed E-state index contributed by atoms with van der Waals surface area (Å²) in [6.45, 7) is 3.25. The molecule has 0 radical (unpaired) electrons. The van der Waals surface area contributed by atoms with Crippen LogP contribution in [0.1, 0.15) is 28.8 Å². The quantitative estimate of drug-likeness (QED) is 0.905. The maximum absolute atomic E-state index is 13.7. The minimum atomic E-state index is -0.429. The third kappa shape index (κ3) is 3.67. The molecule has 0 spiro atoms. The highest BCUT2D eigenvalue weighted by molar-refractivity contribution is 5.94. The van der Waals surface area contributed by atoms with Crippen molar-refractivity contribution in [3.8, 4) is 0 Å². The van der Waals surface area contributed by atoms with Gasteiger partial charge in [-0.2, -0.15) is 0 Å². The molecule has 1 aliphatic rings. The van der Waals surface area contributed by atoms with Gasteiger partial charge in [-0.1, -0.05) is 11.6 Å². The molecule has 19 heavy (non-hydrogen) atoms. The Morgan fingerprint density at radius 3 is 2.58 bits per heavy atom. The molecule has 1 saturated heterocycles. The largest absolute Gasteiger partial charge is 0.338 e. The third-order valence-corrected chi connectivity index (χ3v) is 3.54. The highest BCUT2D eigenvalue weighted by Gasteiger charge is 2.24. The van der Waals surface area contributed by atoms with Crippen molar-refractivity contribution in [1.82, 2.24) is 10.2 Å². The second kappa shape index (κ2) is 6.87. The van der Waals surface area contributed by atoms with Crippen LogP contribution in [-0.4, -0.2) is 37.0 Å². The number of hydrogen-bond acceptors (Lipinski definition) is 2. The van der Waals surface area contributed by atoms with Crippen molar-refractivity contribution < 1.29 is 9.18 Å². The zero-order valence-electron chi connectivity index (χ0n) is 11.3. The fourth-order valence-corrected chi connectivity index (χ4v) is 2.34. The summed E-state index contributed by atoms with van der Waals surface area (Å²) in [5.74, 6) is -0.618. The van der Waals surface area contributed by atoms with E-state index in [1.807, 2.05) is 14.0 Å². The first-order valence-electron chi connectivity index (χ1n) is 6.34. The Bertz CT molecular complexity index is 445. The molecule has 106 valence electrons. The summed E-state index contributed by atoms with van der Waals surface area (Å²) in [4.78, 5) is 14.0. The monoisotopic (exact) mass is 286 g/mol. The van der Waals surface area contributed by atoms with Crippen molar-refractivity contribution in [3.63, 3.8) is 0 Å². The summed E-state index contributed by atoms with van der Waals surface area (Å²) in [6, 6.07) is 5.14. The van der Waals surface area contributed by atoms with Crippen molar-refractivity contribution >= 4 is 18.3 Å². The van der Waals surface area contributed by atoms with Crippen LogP contribution in [0.4, 0.5) is 4.39 Å². The molecule has 0 unspecified atom stereocenters. The average Bonchev–Trinajstić information content (AvgIpc) is 2.41. The number of rotatable bonds is 2. The minimum Gasteiger partial charge on any atom is -0.338 e. The van der Waals surface area contributed by atoms with Crippen LogP contribution in [0.2, 0.25) is 0 Å². The molecule has 0 bridgehead atoms. The molecule has 2 rings (SSSR count). The van der Waals surface area contributed by atoms with Crippen molar-refractivity contribution in [2.24, 2.45) is 0 Å². The van der Waals surface area contributed by atoms with Gasteiger partial charge in [0.2, 0.25) is 0 Å². The molecule has 5 heteroatoms. The Labute approximate surface area is 119 Å². The number of hydrogen-bond donors (Lipinski definition) is 1. The van der Waals surface area contributed by atoms with E-state index in [1.165, 1.54) is 6.07 Å². The summed E-state index contributed by atoms with van der Waals surface area (Å²) in [5.41, 5.74) is 1.10. The van der Waals surface area contributed by atoms with Gasteiger partial charge in [-0.3, -0.25) is 4.79 Å². The van der Waals surface area contributed by atoms with Gasteiger partial charge in [0.05, 0.1) is 5.56 Å². The highest BCUT2D eigenvalue weighted by atomic mass is 35.5. The predicted molar refractivity (Wildman–Crippen MR) is 76.4 cm³/mol. The van der Waals surface area contributed by atoms with Gasteiger partial charge in [-0.25, -0.2) is 4.39 Å². The van der Waals surface area contributed by atoms with E-state index in [1.54, 1.807) is 17.0 Å². The molecule has 1 heterocycles. The van der Waals surface area contributed by atoms with E-state index in [0.29, 0.717) is 19.1 Å². The number of carbonyl (C=O) groups excluding carboxylic acids is 1. The summed E-state index contributed by atoms with van der Waals surface area (Å²) in [7, 11) is 1.93. The van der Waals surface area contributed by atoms with Crippen LogP contribution >= 0.6 is 12.4 Å². The van der Waals surface area contributed by atoms with Gasteiger partial charge in [-0.05, 0) is 38.9 Å². The van der Waals surface area contributed by atoms with Gasteiger partial charge in [0.15, 0.2) is 0 Å². The smallest absolute Gasteiger partial charge is 0.256 e. The second-order valence-electron chi connectivity index (χ2n) is 4.84. The minimum absolute atomic E-state index is 0. The number of carbonyl (C=O) groups is 1. The SMILES string of the molecule is CNC1CCN(C(=O)c2cc(C)ccc2F)CC1.Cl. The number of benzene rings is 1. The lowest BCUT2D eigenvalue weighted by Gasteiger charge is -2.32. The Balaban J connectivity index is 0.00000180. The molecule has 0 atom stereocenters. The van der Waals surface area contributed by atoms with E-state index in [-0.39, 0.29) is 23.9 Å². The van der Waals surface area contributed by atoms with Gasteiger partial charge < -0.3 is 10.2 Å². The van der Waals surface area contributed by atoms with Gasteiger partial charge in [0.25, 0.3) is 5.91 Å². The van der Waals surface area contributed by atoms with Crippen LogP contribution in [-0.2, 0) is 0 Å². The average molecular weight is 287 g/mol. The Morgan fingerprint density at radius 2 is 2.00 bits per heavy atom. The molecule has 1 fully saturated rings.